The number of hydrogen-bond acceptors (Lipinski definition) is 7. The summed E-state index contributed by atoms with van der Waals surface area (Å²) in [6.45, 7) is 3.70. The summed E-state index contributed by atoms with van der Waals surface area (Å²) in [4.78, 5) is 9.71. The van der Waals surface area contributed by atoms with Gasteiger partial charge in [-0.1, -0.05) is 11.3 Å². The molecule has 4 N–H and O–H groups in total. The average molecular weight is 390 g/mol. The second-order valence-electron chi connectivity index (χ2n) is 5.78. The van der Waals surface area contributed by atoms with Crippen LogP contribution in [-0.4, -0.2) is 23.5 Å². The zero-order valence-electron chi connectivity index (χ0n) is 14.2. The molecule has 0 atom stereocenters. The van der Waals surface area contributed by atoms with Crippen LogP contribution in [0.3, 0.4) is 0 Å². The highest BCUT2D eigenvalue weighted by molar-refractivity contribution is 7.89. The molecule has 0 spiro atoms. The maximum atomic E-state index is 11.3. The number of benzene rings is 1. The van der Waals surface area contributed by atoms with Crippen molar-refractivity contribution in [3.63, 3.8) is 0 Å². The van der Waals surface area contributed by atoms with Gasteiger partial charge in [-0.25, -0.2) is 18.5 Å². The van der Waals surface area contributed by atoms with Crippen molar-refractivity contribution >= 4 is 32.2 Å². The highest BCUT2D eigenvalue weighted by atomic mass is 32.2. The molecule has 0 saturated heterocycles. The number of nitrogens with one attached hydrogen (secondary N) is 1. The summed E-state index contributed by atoms with van der Waals surface area (Å²) in [7, 11) is -3.72. The molecule has 0 fully saturated rings. The SMILES string of the molecule is Cc1cc(-c2nc(Nc3ccc(S(N)(=O)=O)cc3)sc2CO)cc(C)n1. The number of sulfonamides is 1. The Morgan fingerprint density at radius 2 is 1.73 bits per heavy atom. The smallest absolute Gasteiger partial charge is 0.238 e. The van der Waals surface area contributed by atoms with Gasteiger partial charge in [0.2, 0.25) is 10.0 Å². The number of primary sulfonamides is 1. The van der Waals surface area contributed by atoms with E-state index in [-0.39, 0.29) is 11.5 Å². The quantitative estimate of drug-likeness (QED) is 0.616. The number of pyridine rings is 1. The van der Waals surface area contributed by atoms with Crippen LogP contribution in [0.25, 0.3) is 11.3 Å². The molecule has 26 heavy (non-hydrogen) atoms. The van der Waals surface area contributed by atoms with Gasteiger partial charge < -0.3 is 10.4 Å². The molecule has 7 nitrogen and oxygen atoms in total. The third-order valence-electron chi connectivity index (χ3n) is 3.63. The van der Waals surface area contributed by atoms with Gasteiger partial charge in [-0.15, -0.1) is 0 Å². The van der Waals surface area contributed by atoms with E-state index in [1.165, 1.54) is 23.5 Å². The number of thiazole rings is 1. The molecule has 1 aromatic carbocycles. The van der Waals surface area contributed by atoms with Crippen LogP contribution >= 0.6 is 11.3 Å². The van der Waals surface area contributed by atoms with Crippen molar-refractivity contribution in [3.05, 3.63) is 52.7 Å². The Morgan fingerprint density at radius 1 is 1.12 bits per heavy atom. The van der Waals surface area contributed by atoms with Gasteiger partial charge in [-0.2, -0.15) is 0 Å². The molecule has 0 unspecified atom stereocenters. The van der Waals surface area contributed by atoms with Crippen LogP contribution in [0.1, 0.15) is 16.3 Å². The number of nitrogens with zero attached hydrogens (tertiary/aromatic N) is 2. The molecule has 0 aliphatic carbocycles. The van der Waals surface area contributed by atoms with Crippen molar-refractivity contribution in [2.75, 3.05) is 5.32 Å². The molecule has 2 heterocycles. The van der Waals surface area contributed by atoms with Crippen LogP contribution in [0.2, 0.25) is 0 Å². The Bertz CT molecular complexity index is 1020. The topological polar surface area (TPSA) is 118 Å². The summed E-state index contributed by atoms with van der Waals surface area (Å²) in [5.74, 6) is 0. The standard InChI is InChI=1S/C17H18N4O3S2/c1-10-7-12(8-11(2)19-10)16-15(9-22)25-17(21-16)20-13-3-5-14(6-4-13)26(18,23)24/h3-8,22H,9H2,1-2H3,(H,20,21)(H2,18,23,24). The fourth-order valence-corrected chi connectivity index (χ4v) is 3.94. The second-order valence-corrected chi connectivity index (χ2v) is 8.43. The van der Waals surface area contributed by atoms with Crippen molar-refractivity contribution in [1.29, 1.82) is 0 Å². The van der Waals surface area contributed by atoms with E-state index in [1.54, 1.807) is 12.1 Å². The third-order valence-corrected chi connectivity index (χ3v) is 5.51. The van der Waals surface area contributed by atoms with Crippen molar-refractivity contribution < 1.29 is 13.5 Å². The predicted molar refractivity (Wildman–Crippen MR) is 102 cm³/mol. The summed E-state index contributed by atoms with van der Waals surface area (Å²) in [5, 5.41) is 18.5. The van der Waals surface area contributed by atoms with Crippen molar-refractivity contribution in [1.82, 2.24) is 9.97 Å². The van der Waals surface area contributed by atoms with E-state index < -0.39 is 10.0 Å². The number of aryl methyl sites for hydroxylation is 2. The molecular weight excluding hydrogens is 372 g/mol. The van der Waals surface area contributed by atoms with E-state index in [1.807, 2.05) is 26.0 Å². The molecule has 0 amide bonds. The van der Waals surface area contributed by atoms with Crippen LogP contribution in [0.4, 0.5) is 10.8 Å². The average Bonchev–Trinajstić information content (AvgIpc) is 2.96. The highest BCUT2D eigenvalue weighted by Gasteiger charge is 2.14. The lowest BCUT2D eigenvalue weighted by Gasteiger charge is -2.04. The summed E-state index contributed by atoms with van der Waals surface area (Å²) in [6.07, 6.45) is 0. The highest BCUT2D eigenvalue weighted by Crippen LogP contribution is 2.33. The van der Waals surface area contributed by atoms with Crippen LogP contribution < -0.4 is 10.5 Å². The number of hydrogen-bond donors (Lipinski definition) is 3. The molecule has 9 heteroatoms. The van der Waals surface area contributed by atoms with Crippen molar-refractivity contribution in [3.8, 4) is 11.3 Å². The first-order valence-electron chi connectivity index (χ1n) is 7.72. The maximum absolute atomic E-state index is 11.3. The molecule has 136 valence electrons. The first-order valence-corrected chi connectivity index (χ1v) is 10.1. The monoisotopic (exact) mass is 390 g/mol. The minimum Gasteiger partial charge on any atom is -0.391 e. The Balaban J connectivity index is 1.91. The summed E-state index contributed by atoms with van der Waals surface area (Å²) in [5.41, 5.74) is 4.03. The lowest BCUT2D eigenvalue weighted by Crippen LogP contribution is -2.11. The molecule has 0 radical (unpaired) electrons. The van der Waals surface area contributed by atoms with E-state index in [2.05, 4.69) is 15.3 Å². The fraction of sp³-hybridized carbons (Fsp3) is 0.176. The van der Waals surface area contributed by atoms with Gasteiger partial charge in [0.1, 0.15) is 0 Å². The van der Waals surface area contributed by atoms with Gasteiger partial charge >= 0.3 is 0 Å². The van der Waals surface area contributed by atoms with Crippen LogP contribution in [-0.2, 0) is 16.6 Å². The van der Waals surface area contributed by atoms with Crippen molar-refractivity contribution in [2.24, 2.45) is 5.14 Å². The van der Waals surface area contributed by atoms with Gasteiger partial charge in [-0.3, -0.25) is 4.98 Å². The number of rotatable bonds is 5. The maximum Gasteiger partial charge on any atom is 0.238 e. The molecule has 0 saturated carbocycles. The minimum atomic E-state index is -3.72. The molecule has 0 aliphatic heterocycles. The lowest BCUT2D eigenvalue weighted by atomic mass is 10.1. The normalized spacial score (nSPS) is 11.5. The van der Waals surface area contributed by atoms with E-state index >= 15 is 0 Å². The summed E-state index contributed by atoms with van der Waals surface area (Å²) in [6, 6.07) is 9.92. The van der Waals surface area contributed by atoms with Gasteiger partial charge in [0.15, 0.2) is 5.13 Å². The first kappa shape index (κ1) is 18.5. The second kappa shape index (κ2) is 7.12. The molecule has 2 aromatic heterocycles. The number of anilines is 2. The lowest BCUT2D eigenvalue weighted by molar-refractivity contribution is 0.286. The number of nitrogens with two attached hydrogens (primary N) is 1. The molecular formula is C17H18N4O3S2. The summed E-state index contributed by atoms with van der Waals surface area (Å²) < 4.78 is 22.6. The zero-order valence-corrected chi connectivity index (χ0v) is 15.9. The Kier molecular flexibility index (Phi) is 5.05. The number of aromatic nitrogens is 2. The third kappa shape index (κ3) is 4.07. The van der Waals surface area contributed by atoms with Crippen LogP contribution in [0.5, 0.6) is 0 Å². The molecule has 3 rings (SSSR count). The molecule has 3 aromatic rings. The van der Waals surface area contributed by atoms with E-state index in [9.17, 15) is 13.5 Å². The van der Waals surface area contributed by atoms with Crippen LogP contribution in [0.15, 0.2) is 41.3 Å². The largest absolute Gasteiger partial charge is 0.391 e. The zero-order chi connectivity index (χ0) is 18.9. The minimum absolute atomic E-state index is 0.0432. The fourth-order valence-electron chi connectivity index (χ4n) is 2.56. The van der Waals surface area contributed by atoms with E-state index in [0.717, 1.165) is 21.8 Å². The molecule has 0 bridgehead atoms. The van der Waals surface area contributed by atoms with Gasteiger partial charge in [-0.05, 0) is 50.2 Å². The van der Waals surface area contributed by atoms with E-state index in [0.29, 0.717) is 16.5 Å². The van der Waals surface area contributed by atoms with Gasteiger partial charge in [0, 0.05) is 22.6 Å². The van der Waals surface area contributed by atoms with Crippen LogP contribution in [0, 0.1) is 13.8 Å². The van der Waals surface area contributed by atoms with Crippen molar-refractivity contribution in [2.45, 2.75) is 25.3 Å². The van der Waals surface area contributed by atoms with E-state index in [4.69, 9.17) is 5.14 Å². The number of aliphatic hydroxyl groups is 1. The number of aliphatic hydroxyl groups excluding tert-OH is 1. The Labute approximate surface area is 155 Å². The Morgan fingerprint density at radius 3 is 2.27 bits per heavy atom. The predicted octanol–water partition coefficient (Wildman–Crippen LogP) is 2.71. The van der Waals surface area contributed by atoms with Gasteiger partial charge in [0.25, 0.3) is 0 Å². The van der Waals surface area contributed by atoms with Gasteiger partial charge in [0.05, 0.1) is 22.1 Å². The first-order chi connectivity index (χ1) is 12.3. The summed E-state index contributed by atoms with van der Waals surface area (Å²) >= 11 is 1.34. The Hall–Kier alpha value is -2.33. The molecule has 0 aliphatic rings.